The first-order valence-electron chi connectivity index (χ1n) is 6.21. The van der Waals surface area contributed by atoms with E-state index in [-0.39, 0.29) is 24.4 Å². The van der Waals surface area contributed by atoms with Crippen LogP contribution in [0.25, 0.3) is 0 Å². The fourth-order valence-electron chi connectivity index (χ4n) is 2.46. The van der Waals surface area contributed by atoms with E-state index in [0.29, 0.717) is 5.41 Å². The Balaban J connectivity index is 0.00000128. The number of rotatable bonds is 3. The molecule has 2 aliphatic rings. The maximum absolute atomic E-state index is 11.8. The molecule has 1 amide bonds. The van der Waals surface area contributed by atoms with Gasteiger partial charge < -0.3 is 10.6 Å². The molecule has 4 heteroatoms. The second-order valence-electron chi connectivity index (χ2n) is 5.38. The van der Waals surface area contributed by atoms with Gasteiger partial charge in [0, 0.05) is 6.54 Å². The molecule has 1 aliphatic heterocycles. The number of hydrogen-bond acceptors (Lipinski definition) is 2. The first-order chi connectivity index (χ1) is 7.20. The Kier molecular flexibility index (Phi) is 5.06. The molecule has 1 atom stereocenters. The zero-order chi connectivity index (χ0) is 10.7. The summed E-state index contributed by atoms with van der Waals surface area (Å²) < 4.78 is 0. The third-order valence-corrected chi connectivity index (χ3v) is 3.88. The predicted octanol–water partition coefficient (Wildman–Crippen LogP) is 1.86. The zero-order valence-electron chi connectivity index (χ0n) is 10.1. The molecule has 2 rings (SSSR count). The number of carbonyl (C=O) groups is 1. The summed E-state index contributed by atoms with van der Waals surface area (Å²) in [6.45, 7) is 4.13. The molecule has 1 saturated carbocycles. The molecule has 0 aromatic heterocycles. The average Bonchev–Trinajstić information content (AvgIpc) is 2.24. The van der Waals surface area contributed by atoms with E-state index in [1.165, 1.54) is 32.1 Å². The smallest absolute Gasteiger partial charge is 0.237 e. The van der Waals surface area contributed by atoms with Gasteiger partial charge in [0.05, 0.1) is 6.04 Å². The second kappa shape index (κ2) is 5.87. The van der Waals surface area contributed by atoms with Crippen LogP contribution in [0.2, 0.25) is 0 Å². The molecule has 1 saturated heterocycles. The van der Waals surface area contributed by atoms with Gasteiger partial charge in [-0.25, -0.2) is 0 Å². The van der Waals surface area contributed by atoms with Gasteiger partial charge in [0.1, 0.15) is 0 Å². The quantitative estimate of drug-likeness (QED) is 0.798. The van der Waals surface area contributed by atoms with Crippen LogP contribution in [0.1, 0.15) is 45.4 Å². The summed E-state index contributed by atoms with van der Waals surface area (Å²) in [5.74, 6) is 0.211. The minimum atomic E-state index is 0. The molecule has 0 aromatic carbocycles. The molecule has 0 aromatic rings. The molecule has 16 heavy (non-hydrogen) atoms. The number of amides is 1. The summed E-state index contributed by atoms with van der Waals surface area (Å²) in [7, 11) is 0. The molecule has 1 aliphatic carbocycles. The largest absolute Gasteiger partial charge is 0.354 e. The van der Waals surface area contributed by atoms with Crippen molar-refractivity contribution in [3.8, 4) is 0 Å². The monoisotopic (exact) mass is 246 g/mol. The fourth-order valence-corrected chi connectivity index (χ4v) is 2.46. The first kappa shape index (κ1) is 13.8. The van der Waals surface area contributed by atoms with Crippen LogP contribution in [0, 0.1) is 5.41 Å². The highest BCUT2D eigenvalue weighted by molar-refractivity contribution is 5.85. The Morgan fingerprint density at radius 3 is 2.62 bits per heavy atom. The topological polar surface area (TPSA) is 41.1 Å². The lowest BCUT2D eigenvalue weighted by molar-refractivity contribution is -0.124. The van der Waals surface area contributed by atoms with Crippen molar-refractivity contribution in [2.45, 2.75) is 51.5 Å². The Hall–Kier alpha value is -0.280. The molecule has 0 radical (unpaired) electrons. The van der Waals surface area contributed by atoms with Crippen molar-refractivity contribution >= 4 is 18.3 Å². The van der Waals surface area contributed by atoms with E-state index < -0.39 is 0 Å². The number of piperidine rings is 1. The lowest BCUT2D eigenvalue weighted by Crippen LogP contribution is -2.49. The molecular formula is C12H23ClN2O. The first-order valence-corrected chi connectivity index (χ1v) is 6.21. The van der Waals surface area contributed by atoms with Crippen molar-refractivity contribution in [2.75, 3.05) is 13.1 Å². The van der Waals surface area contributed by atoms with Crippen LogP contribution < -0.4 is 10.6 Å². The van der Waals surface area contributed by atoms with Gasteiger partial charge in [-0.2, -0.15) is 0 Å². The van der Waals surface area contributed by atoms with Crippen molar-refractivity contribution in [1.29, 1.82) is 0 Å². The van der Waals surface area contributed by atoms with E-state index in [1.807, 2.05) is 0 Å². The number of halogens is 1. The number of nitrogens with one attached hydrogen (secondary N) is 2. The fraction of sp³-hybridized carbons (Fsp3) is 0.917. The zero-order valence-corrected chi connectivity index (χ0v) is 10.9. The molecule has 2 N–H and O–H groups in total. The van der Waals surface area contributed by atoms with Crippen molar-refractivity contribution in [3.05, 3.63) is 0 Å². The summed E-state index contributed by atoms with van der Waals surface area (Å²) >= 11 is 0. The van der Waals surface area contributed by atoms with Gasteiger partial charge in [0.2, 0.25) is 5.91 Å². The van der Waals surface area contributed by atoms with Crippen molar-refractivity contribution in [3.63, 3.8) is 0 Å². The van der Waals surface area contributed by atoms with Gasteiger partial charge in [-0.3, -0.25) is 4.79 Å². The Morgan fingerprint density at radius 1 is 1.38 bits per heavy atom. The molecule has 0 bridgehead atoms. The summed E-state index contributed by atoms with van der Waals surface area (Å²) in [6.07, 6.45) is 7.26. The number of hydrogen-bond donors (Lipinski definition) is 2. The summed E-state index contributed by atoms with van der Waals surface area (Å²) in [4.78, 5) is 11.8. The molecule has 2 fully saturated rings. The van der Waals surface area contributed by atoms with Crippen molar-refractivity contribution < 1.29 is 4.79 Å². The van der Waals surface area contributed by atoms with Gasteiger partial charge in [-0.15, -0.1) is 12.4 Å². The third kappa shape index (κ3) is 3.36. The van der Waals surface area contributed by atoms with E-state index >= 15 is 0 Å². The molecule has 94 valence electrons. The van der Waals surface area contributed by atoms with Crippen LogP contribution in [0.4, 0.5) is 0 Å². The Labute approximate surface area is 104 Å². The predicted molar refractivity (Wildman–Crippen MR) is 67.9 cm³/mol. The van der Waals surface area contributed by atoms with Crippen LogP contribution >= 0.6 is 12.4 Å². The van der Waals surface area contributed by atoms with E-state index in [9.17, 15) is 4.79 Å². The minimum Gasteiger partial charge on any atom is -0.354 e. The summed E-state index contributed by atoms with van der Waals surface area (Å²) in [5, 5.41) is 6.37. The molecule has 1 heterocycles. The van der Waals surface area contributed by atoms with Crippen molar-refractivity contribution in [2.24, 2.45) is 5.41 Å². The second-order valence-corrected chi connectivity index (χ2v) is 5.38. The Morgan fingerprint density at radius 2 is 2.12 bits per heavy atom. The average molecular weight is 247 g/mol. The highest BCUT2D eigenvalue weighted by Crippen LogP contribution is 2.39. The van der Waals surface area contributed by atoms with Gasteiger partial charge in [0.15, 0.2) is 0 Å². The van der Waals surface area contributed by atoms with Gasteiger partial charge >= 0.3 is 0 Å². The van der Waals surface area contributed by atoms with E-state index in [4.69, 9.17) is 0 Å². The van der Waals surface area contributed by atoms with E-state index in [0.717, 1.165) is 19.5 Å². The van der Waals surface area contributed by atoms with Crippen LogP contribution in [-0.4, -0.2) is 25.0 Å². The molecular weight excluding hydrogens is 224 g/mol. The highest BCUT2D eigenvalue weighted by atomic mass is 35.5. The lowest BCUT2D eigenvalue weighted by atomic mass is 9.70. The van der Waals surface area contributed by atoms with Crippen LogP contribution in [0.15, 0.2) is 0 Å². The van der Waals surface area contributed by atoms with E-state index in [1.54, 1.807) is 0 Å². The number of carbonyl (C=O) groups excluding carboxylic acids is 1. The summed E-state index contributed by atoms with van der Waals surface area (Å²) in [5.41, 5.74) is 0.393. The maximum Gasteiger partial charge on any atom is 0.237 e. The normalized spacial score (nSPS) is 27.4. The van der Waals surface area contributed by atoms with Gasteiger partial charge in [-0.05, 0) is 37.6 Å². The minimum absolute atomic E-state index is 0. The lowest BCUT2D eigenvalue weighted by Gasteiger charge is -2.38. The van der Waals surface area contributed by atoms with Crippen LogP contribution in [0.5, 0.6) is 0 Å². The highest BCUT2D eigenvalue weighted by Gasteiger charge is 2.32. The van der Waals surface area contributed by atoms with Crippen LogP contribution in [-0.2, 0) is 4.79 Å². The summed E-state index contributed by atoms with van der Waals surface area (Å²) in [6, 6.07) is 0.0717. The van der Waals surface area contributed by atoms with Crippen molar-refractivity contribution in [1.82, 2.24) is 10.6 Å². The molecule has 0 spiro atoms. The standard InChI is InChI=1S/C12H22N2O.ClH/c1-12(6-4-7-12)9-14-11(15)10-5-2-3-8-13-10;/h10,13H,2-9H2,1H3,(H,14,15);1H/t10-;/m1./s1. The molecule has 0 unspecified atom stereocenters. The van der Waals surface area contributed by atoms with Crippen LogP contribution in [0.3, 0.4) is 0 Å². The Bertz CT molecular complexity index is 235. The van der Waals surface area contributed by atoms with Gasteiger partial charge in [-0.1, -0.05) is 19.8 Å². The SMILES string of the molecule is CC1(CNC(=O)[C@H]2CCCCN2)CCC1.Cl. The molecule has 3 nitrogen and oxygen atoms in total. The van der Waals surface area contributed by atoms with Gasteiger partial charge in [0.25, 0.3) is 0 Å². The maximum atomic E-state index is 11.8. The third-order valence-electron chi connectivity index (χ3n) is 3.88. The van der Waals surface area contributed by atoms with E-state index in [2.05, 4.69) is 17.6 Å².